The first kappa shape index (κ1) is 20.5. The number of anilines is 1. The Morgan fingerprint density at radius 1 is 1.17 bits per heavy atom. The van der Waals surface area contributed by atoms with Gasteiger partial charge in [-0.3, -0.25) is 0 Å². The van der Waals surface area contributed by atoms with Crippen molar-refractivity contribution in [2.45, 2.75) is 71.3 Å². The molecule has 3 atom stereocenters. The number of amides is 1. The fourth-order valence-corrected chi connectivity index (χ4v) is 4.07. The van der Waals surface area contributed by atoms with Crippen LogP contribution in [0.2, 0.25) is 0 Å². The van der Waals surface area contributed by atoms with Crippen LogP contribution in [0.5, 0.6) is 0 Å². The zero-order valence-corrected chi connectivity index (χ0v) is 18.5. The van der Waals surface area contributed by atoms with Crippen LogP contribution in [0, 0.1) is 11.8 Å². The summed E-state index contributed by atoms with van der Waals surface area (Å²) in [6.45, 7) is 15.6. The number of carbonyl (C=O) groups is 1. The molecule has 8 heteroatoms. The van der Waals surface area contributed by atoms with Crippen LogP contribution in [0.25, 0.3) is 0 Å². The van der Waals surface area contributed by atoms with Gasteiger partial charge in [0.05, 0.1) is 11.2 Å². The summed E-state index contributed by atoms with van der Waals surface area (Å²) in [6, 6.07) is 4.27. The average molecular weight is 401 g/mol. The van der Waals surface area contributed by atoms with E-state index < -0.39 is 12.7 Å². The Morgan fingerprint density at radius 2 is 1.76 bits per heavy atom. The third-order valence-corrected chi connectivity index (χ3v) is 6.50. The number of nitrogens with zero attached hydrogens (tertiary/aromatic N) is 2. The van der Waals surface area contributed by atoms with Crippen molar-refractivity contribution in [1.29, 1.82) is 0 Å². The molecule has 1 aliphatic carbocycles. The number of hydrogen-bond donors (Lipinski definition) is 1. The Kier molecular flexibility index (Phi) is 4.66. The molecule has 1 amide bonds. The largest absolute Gasteiger partial charge is 0.496 e. The van der Waals surface area contributed by atoms with Crippen molar-refractivity contribution in [3.63, 3.8) is 0 Å². The van der Waals surface area contributed by atoms with Crippen molar-refractivity contribution in [2.75, 3.05) is 18.0 Å². The van der Waals surface area contributed by atoms with Gasteiger partial charge in [-0.1, -0.05) is 6.07 Å². The van der Waals surface area contributed by atoms with Crippen LogP contribution < -0.4 is 15.7 Å². The van der Waals surface area contributed by atoms with Gasteiger partial charge in [-0.2, -0.15) is 0 Å². The lowest BCUT2D eigenvalue weighted by atomic mass is 9.80. The monoisotopic (exact) mass is 401 g/mol. The van der Waals surface area contributed by atoms with Gasteiger partial charge in [0.1, 0.15) is 11.4 Å². The van der Waals surface area contributed by atoms with Gasteiger partial charge in [-0.25, -0.2) is 9.78 Å². The average Bonchev–Trinajstić information content (AvgIpc) is 2.94. The van der Waals surface area contributed by atoms with Gasteiger partial charge in [-0.05, 0) is 54.5 Å². The van der Waals surface area contributed by atoms with Crippen LogP contribution in [0.1, 0.15) is 48.5 Å². The highest BCUT2D eigenvalue weighted by Gasteiger charge is 2.57. The van der Waals surface area contributed by atoms with Crippen LogP contribution >= 0.6 is 0 Å². The number of carbonyl (C=O) groups excluding carboxylic acids is 1. The Labute approximate surface area is 173 Å². The highest BCUT2D eigenvalue weighted by Crippen LogP contribution is 2.46. The standard InChI is InChI=1S/C21H32BN3O4/c1-19(2,3)27-18(26)24-17-14-11-25(12-15(14)17)16-9-8-13(10-23-16)22-28-20(4,5)21(6,7)29-22/h8-10,14-15,17H,11-12H2,1-7H3,(H,24,26)/t14-,15+,17-. The number of nitrogens with one attached hydrogen (secondary N) is 1. The number of alkyl carbamates (subject to hydrolysis) is 1. The number of aromatic nitrogens is 1. The molecule has 1 N–H and O–H groups in total. The predicted molar refractivity (Wildman–Crippen MR) is 112 cm³/mol. The van der Waals surface area contributed by atoms with Gasteiger partial charge in [0, 0.05) is 42.6 Å². The van der Waals surface area contributed by atoms with Gasteiger partial charge in [-0.15, -0.1) is 0 Å². The fraction of sp³-hybridized carbons (Fsp3) is 0.714. The third-order valence-electron chi connectivity index (χ3n) is 6.50. The van der Waals surface area contributed by atoms with Gasteiger partial charge < -0.3 is 24.3 Å². The number of fused-ring (bicyclic) bond motifs is 1. The molecule has 0 unspecified atom stereocenters. The third kappa shape index (κ3) is 3.97. The first-order valence-corrected chi connectivity index (χ1v) is 10.4. The summed E-state index contributed by atoms with van der Waals surface area (Å²) in [5.74, 6) is 1.88. The summed E-state index contributed by atoms with van der Waals surface area (Å²) < 4.78 is 17.6. The van der Waals surface area contributed by atoms with Crippen molar-refractivity contribution >= 4 is 24.5 Å². The van der Waals surface area contributed by atoms with E-state index in [0.29, 0.717) is 11.8 Å². The molecule has 0 bridgehead atoms. The van der Waals surface area contributed by atoms with Crippen molar-refractivity contribution < 1.29 is 18.8 Å². The molecule has 7 nitrogen and oxygen atoms in total. The smallest absolute Gasteiger partial charge is 0.444 e. The Morgan fingerprint density at radius 3 is 2.24 bits per heavy atom. The summed E-state index contributed by atoms with van der Waals surface area (Å²) in [5.41, 5.74) is -0.254. The SMILES string of the molecule is CC(C)(C)OC(=O)N[C@@H]1[C@@H]2CN(c3ccc(B4OC(C)(C)C(C)(C)O4)cn3)C[C@@H]21. The molecule has 29 heavy (non-hydrogen) atoms. The topological polar surface area (TPSA) is 72.9 Å². The highest BCUT2D eigenvalue weighted by molar-refractivity contribution is 6.62. The molecule has 2 saturated heterocycles. The summed E-state index contributed by atoms with van der Waals surface area (Å²) >= 11 is 0. The molecule has 2 aliphatic heterocycles. The van der Waals surface area contributed by atoms with Gasteiger partial charge in [0.25, 0.3) is 0 Å². The van der Waals surface area contributed by atoms with Gasteiger partial charge in [0.2, 0.25) is 0 Å². The number of piperidine rings is 1. The molecule has 3 aliphatic rings. The summed E-state index contributed by atoms with van der Waals surface area (Å²) in [4.78, 5) is 18.9. The number of hydrogen-bond acceptors (Lipinski definition) is 6. The molecule has 4 rings (SSSR count). The second-order valence-corrected chi connectivity index (χ2v) is 10.4. The molecular formula is C21H32BN3O4. The number of pyridine rings is 1. The summed E-state index contributed by atoms with van der Waals surface area (Å²) in [6.07, 6.45) is 1.52. The van der Waals surface area contributed by atoms with Gasteiger partial charge >= 0.3 is 13.2 Å². The van der Waals surface area contributed by atoms with E-state index >= 15 is 0 Å². The fourth-order valence-electron chi connectivity index (χ4n) is 4.07. The lowest BCUT2D eigenvalue weighted by Gasteiger charge is -2.32. The predicted octanol–water partition coefficient (Wildman–Crippen LogP) is 2.34. The Hall–Kier alpha value is -1.80. The van der Waals surface area contributed by atoms with E-state index in [9.17, 15) is 4.79 Å². The molecule has 0 radical (unpaired) electrons. The highest BCUT2D eigenvalue weighted by atomic mass is 16.7. The van der Waals surface area contributed by atoms with E-state index in [-0.39, 0.29) is 23.3 Å². The first-order chi connectivity index (χ1) is 13.4. The Balaban J connectivity index is 1.31. The van der Waals surface area contributed by atoms with Crippen LogP contribution in [0.4, 0.5) is 10.6 Å². The second-order valence-electron chi connectivity index (χ2n) is 10.4. The van der Waals surface area contributed by atoms with E-state index in [1.165, 1.54) is 0 Å². The molecule has 0 aromatic carbocycles. The van der Waals surface area contributed by atoms with Crippen molar-refractivity contribution in [1.82, 2.24) is 10.3 Å². The lowest BCUT2D eigenvalue weighted by molar-refractivity contribution is 0.00578. The van der Waals surface area contributed by atoms with E-state index in [0.717, 1.165) is 24.4 Å². The van der Waals surface area contributed by atoms with Crippen LogP contribution in [0.15, 0.2) is 18.3 Å². The zero-order chi connectivity index (χ0) is 21.2. The number of rotatable bonds is 3. The van der Waals surface area contributed by atoms with Crippen LogP contribution in [-0.2, 0) is 14.0 Å². The summed E-state index contributed by atoms with van der Waals surface area (Å²) in [5, 5.41) is 3.00. The van der Waals surface area contributed by atoms with Crippen molar-refractivity contribution in [3.8, 4) is 0 Å². The minimum atomic E-state index is -0.469. The lowest BCUT2D eigenvalue weighted by Crippen LogP contribution is -2.41. The van der Waals surface area contributed by atoms with E-state index in [2.05, 4.69) is 15.2 Å². The molecule has 0 spiro atoms. The van der Waals surface area contributed by atoms with Crippen LogP contribution in [-0.4, -0.2) is 54.1 Å². The molecule has 1 aromatic heterocycles. The van der Waals surface area contributed by atoms with E-state index in [1.807, 2.05) is 66.8 Å². The number of ether oxygens (including phenoxy) is 1. The maximum atomic E-state index is 12.0. The first-order valence-electron chi connectivity index (χ1n) is 10.4. The summed E-state index contributed by atoms with van der Waals surface area (Å²) in [7, 11) is -0.393. The van der Waals surface area contributed by atoms with Crippen molar-refractivity contribution in [2.24, 2.45) is 11.8 Å². The second kappa shape index (κ2) is 6.60. The molecule has 1 saturated carbocycles. The quantitative estimate of drug-likeness (QED) is 0.784. The van der Waals surface area contributed by atoms with E-state index in [4.69, 9.17) is 14.0 Å². The zero-order valence-electron chi connectivity index (χ0n) is 18.5. The molecule has 158 valence electrons. The van der Waals surface area contributed by atoms with Gasteiger partial charge in [0.15, 0.2) is 0 Å². The Bertz CT molecular complexity index is 762. The minimum absolute atomic E-state index is 0.213. The van der Waals surface area contributed by atoms with Crippen LogP contribution in [0.3, 0.4) is 0 Å². The minimum Gasteiger partial charge on any atom is -0.444 e. The maximum Gasteiger partial charge on any atom is 0.496 e. The van der Waals surface area contributed by atoms with E-state index in [1.54, 1.807) is 0 Å². The molecule has 1 aromatic rings. The normalized spacial score (nSPS) is 29.6. The molecule has 3 heterocycles. The maximum absolute atomic E-state index is 12.0. The molecular weight excluding hydrogens is 369 g/mol. The molecule has 3 fully saturated rings. The van der Waals surface area contributed by atoms with Crippen molar-refractivity contribution in [3.05, 3.63) is 18.3 Å².